The molecule has 1 aromatic heterocycles. The average molecular weight is 333 g/mol. The van der Waals surface area contributed by atoms with E-state index in [0.29, 0.717) is 23.9 Å². The number of hydrogen-bond donors (Lipinski definition) is 2. The molecule has 3 fully saturated rings. The molecule has 4 atom stereocenters. The summed E-state index contributed by atoms with van der Waals surface area (Å²) in [4.78, 5) is 37.4. The second-order valence-corrected chi connectivity index (χ2v) is 7.24. The first kappa shape index (κ1) is 15.6. The monoisotopic (exact) mass is 333 g/mol. The van der Waals surface area contributed by atoms with E-state index in [1.165, 1.54) is 42.5 Å². The van der Waals surface area contributed by atoms with Crippen LogP contribution >= 0.6 is 0 Å². The van der Waals surface area contributed by atoms with Gasteiger partial charge in [-0.2, -0.15) is 0 Å². The Bertz CT molecular complexity index is 729. The molecule has 0 radical (unpaired) electrons. The minimum absolute atomic E-state index is 0.0677. The number of amides is 1. The van der Waals surface area contributed by atoms with Gasteiger partial charge in [0.2, 0.25) is 5.91 Å². The second kappa shape index (κ2) is 6.20. The highest BCUT2D eigenvalue weighted by Crippen LogP contribution is 2.51. The van der Waals surface area contributed by atoms with Gasteiger partial charge in [0.25, 0.3) is 5.56 Å². The first-order valence-corrected chi connectivity index (χ1v) is 8.84. The summed E-state index contributed by atoms with van der Waals surface area (Å²) >= 11 is 0. The van der Waals surface area contributed by atoms with Gasteiger partial charge in [0.15, 0.2) is 0 Å². The van der Waals surface area contributed by atoms with Crippen LogP contribution < -0.4 is 16.6 Å². The molecule has 0 spiro atoms. The van der Waals surface area contributed by atoms with Crippen molar-refractivity contribution in [2.24, 2.45) is 17.8 Å². The van der Waals surface area contributed by atoms with Crippen LogP contribution in [0.2, 0.25) is 0 Å². The highest BCUT2D eigenvalue weighted by molar-refractivity contribution is 5.76. The number of aromatic nitrogens is 2. The topological polar surface area (TPSA) is 93.2 Å². The number of rotatable bonds is 4. The average Bonchev–Trinajstić information content (AvgIpc) is 3.19. The van der Waals surface area contributed by atoms with Gasteiger partial charge in [-0.1, -0.05) is 25.7 Å². The first-order valence-electron chi connectivity index (χ1n) is 8.84. The highest BCUT2D eigenvalue weighted by Gasteiger charge is 2.56. The Morgan fingerprint density at radius 2 is 2.08 bits per heavy atom. The number of aromatic amines is 1. The normalized spacial score (nSPS) is 32.3. The van der Waals surface area contributed by atoms with Crippen molar-refractivity contribution in [3.05, 3.63) is 33.1 Å². The summed E-state index contributed by atoms with van der Waals surface area (Å²) in [5.41, 5.74) is -1.01. The fourth-order valence-electron chi connectivity index (χ4n) is 4.81. The minimum atomic E-state index is -0.555. The molecule has 24 heavy (non-hydrogen) atoms. The predicted octanol–water partition coefficient (Wildman–Crippen LogP) is 0.246. The molecule has 1 amide bonds. The van der Waals surface area contributed by atoms with Crippen LogP contribution in [0.3, 0.4) is 0 Å². The van der Waals surface area contributed by atoms with E-state index in [4.69, 9.17) is 4.74 Å². The van der Waals surface area contributed by atoms with E-state index in [0.717, 1.165) is 13.0 Å². The van der Waals surface area contributed by atoms with Gasteiger partial charge in [0.1, 0.15) is 6.54 Å². The molecule has 7 heteroatoms. The summed E-state index contributed by atoms with van der Waals surface area (Å²) in [7, 11) is 0. The van der Waals surface area contributed by atoms with Crippen molar-refractivity contribution >= 4 is 5.91 Å². The van der Waals surface area contributed by atoms with Crippen molar-refractivity contribution in [3.63, 3.8) is 0 Å². The molecule has 2 heterocycles. The quantitative estimate of drug-likeness (QED) is 0.826. The highest BCUT2D eigenvalue weighted by atomic mass is 16.5. The van der Waals surface area contributed by atoms with Crippen LogP contribution in [0.15, 0.2) is 21.9 Å². The van der Waals surface area contributed by atoms with Crippen LogP contribution in [0, 0.1) is 17.8 Å². The minimum Gasteiger partial charge on any atom is -0.377 e. The molecule has 7 nitrogen and oxygen atoms in total. The summed E-state index contributed by atoms with van der Waals surface area (Å²) < 4.78 is 7.12. The molecule has 0 bridgehead atoms. The van der Waals surface area contributed by atoms with E-state index in [9.17, 15) is 14.4 Å². The molecule has 0 aromatic carbocycles. The van der Waals surface area contributed by atoms with Crippen LogP contribution in [0.5, 0.6) is 0 Å². The van der Waals surface area contributed by atoms with Crippen molar-refractivity contribution in [3.8, 4) is 0 Å². The van der Waals surface area contributed by atoms with Crippen LogP contribution in [0.4, 0.5) is 0 Å². The first-order chi connectivity index (χ1) is 11.6. The van der Waals surface area contributed by atoms with E-state index in [1.54, 1.807) is 0 Å². The number of ether oxygens (including phenoxy) is 1. The van der Waals surface area contributed by atoms with Crippen LogP contribution in [-0.2, 0) is 16.1 Å². The van der Waals surface area contributed by atoms with E-state index in [-0.39, 0.29) is 18.5 Å². The summed E-state index contributed by atoms with van der Waals surface area (Å²) in [6.45, 7) is 0.714. The third kappa shape index (κ3) is 2.70. The Morgan fingerprint density at radius 3 is 2.83 bits per heavy atom. The Balaban J connectivity index is 1.44. The van der Waals surface area contributed by atoms with E-state index >= 15 is 0 Å². The van der Waals surface area contributed by atoms with Gasteiger partial charge < -0.3 is 10.1 Å². The molecule has 1 aromatic rings. The summed E-state index contributed by atoms with van der Waals surface area (Å²) in [5, 5.41) is 3.13. The molecule has 130 valence electrons. The lowest BCUT2D eigenvalue weighted by molar-refractivity contribution is -0.130. The third-order valence-electron chi connectivity index (χ3n) is 5.92. The molecule has 4 rings (SSSR count). The Hall–Kier alpha value is -1.89. The Labute approximate surface area is 139 Å². The lowest BCUT2D eigenvalue weighted by Crippen LogP contribution is -2.63. The number of nitrogens with zero attached hydrogens (tertiary/aromatic N) is 1. The molecular formula is C17H23N3O4. The zero-order valence-electron chi connectivity index (χ0n) is 13.6. The van der Waals surface area contributed by atoms with E-state index in [1.807, 2.05) is 0 Å². The number of hydrogen-bond acceptors (Lipinski definition) is 4. The summed E-state index contributed by atoms with van der Waals surface area (Å²) in [5.74, 6) is 1.29. The number of H-pyrrole nitrogens is 1. The number of fused-ring (bicyclic) bond motifs is 1. The Morgan fingerprint density at radius 1 is 1.29 bits per heavy atom. The molecule has 2 saturated carbocycles. The molecule has 2 aliphatic carbocycles. The van der Waals surface area contributed by atoms with Crippen molar-refractivity contribution in [2.45, 2.75) is 50.8 Å². The molecule has 3 aliphatic rings. The van der Waals surface area contributed by atoms with Gasteiger partial charge in [-0.3, -0.25) is 19.1 Å². The largest absolute Gasteiger partial charge is 0.377 e. The molecule has 2 N–H and O–H groups in total. The Kier molecular flexibility index (Phi) is 4.04. The maximum Gasteiger partial charge on any atom is 0.328 e. The molecule has 0 unspecified atom stereocenters. The van der Waals surface area contributed by atoms with Crippen molar-refractivity contribution in [1.82, 2.24) is 14.9 Å². The van der Waals surface area contributed by atoms with Crippen LogP contribution in [0.25, 0.3) is 0 Å². The van der Waals surface area contributed by atoms with Crippen molar-refractivity contribution in [2.75, 3.05) is 6.61 Å². The lowest BCUT2D eigenvalue weighted by Gasteiger charge is -2.50. The third-order valence-corrected chi connectivity index (χ3v) is 5.92. The number of carbonyl (C=O) groups excluding carboxylic acids is 1. The van der Waals surface area contributed by atoms with Gasteiger partial charge in [0, 0.05) is 36.7 Å². The molecule has 1 saturated heterocycles. The van der Waals surface area contributed by atoms with Gasteiger partial charge in [-0.25, -0.2) is 4.79 Å². The van der Waals surface area contributed by atoms with E-state index < -0.39 is 11.2 Å². The van der Waals surface area contributed by atoms with Crippen molar-refractivity contribution in [1.29, 1.82) is 0 Å². The van der Waals surface area contributed by atoms with Crippen LogP contribution in [0.1, 0.15) is 32.1 Å². The standard InChI is InChI=1S/C17H23N3O4/c21-12-5-7-20(17(23)19-12)9-13(22)18-15-11-6-8-24-16(11)14(15)10-3-1-2-4-10/h5,7,10-11,14-16H,1-4,6,8-9H2,(H,18,22)(H,19,21,23)/t11-,14+,15+,16-/m1/s1. The maximum atomic E-state index is 12.4. The maximum absolute atomic E-state index is 12.4. The zero-order valence-corrected chi connectivity index (χ0v) is 13.6. The van der Waals surface area contributed by atoms with E-state index in [2.05, 4.69) is 10.3 Å². The number of nitrogens with one attached hydrogen (secondary N) is 2. The summed E-state index contributed by atoms with van der Waals surface area (Å²) in [6, 6.07) is 1.41. The second-order valence-electron chi connectivity index (χ2n) is 7.24. The zero-order chi connectivity index (χ0) is 16.7. The SMILES string of the molecule is O=C(Cn1ccc(=O)[nH]c1=O)N[C@H]1[C@H]2CCO[C@H]2[C@H]1C1CCCC1. The lowest BCUT2D eigenvalue weighted by atomic mass is 9.61. The fourth-order valence-corrected chi connectivity index (χ4v) is 4.81. The van der Waals surface area contributed by atoms with Gasteiger partial charge in [-0.15, -0.1) is 0 Å². The van der Waals surface area contributed by atoms with Gasteiger partial charge in [0.05, 0.1) is 6.10 Å². The predicted molar refractivity (Wildman–Crippen MR) is 86.5 cm³/mol. The van der Waals surface area contributed by atoms with Gasteiger partial charge in [-0.05, 0) is 12.3 Å². The molecule has 1 aliphatic heterocycles. The summed E-state index contributed by atoms with van der Waals surface area (Å²) in [6.07, 6.45) is 7.65. The number of carbonyl (C=O) groups is 1. The van der Waals surface area contributed by atoms with Crippen LogP contribution in [-0.4, -0.2) is 34.2 Å². The fraction of sp³-hybridized carbons (Fsp3) is 0.706. The molecular weight excluding hydrogens is 310 g/mol. The van der Waals surface area contributed by atoms with Gasteiger partial charge >= 0.3 is 5.69 Å². The van der Waals surface area contributed by atoms with Crippen molar-refractivity contribution < 1.29 is 9.53 Å². The smallest absolute Gasteiger partial charge is 0.328 e.